The van der Waals surface area contributed by atoms with Crippen LogP contribution in [0.1, 0.15) is 12.5 Å². The van der Waals surface area contributed by atoms with Crippen molar-refractivity contribution < 1.29 is 23.1 Å². The zero-order chi connectivity index (χ0) is 13.9. The van der Waals surface area contributed by atoms with Crippen LogP contribution >= 0.6 is 0 Å². The van der Waals surface area contributed by atoms with Gasteiger partial charge in [0, 0.05) is 0 Å². The Hall–Kier alpha value is -1.60. The van der Waals surface area contributed by atoms with Gasteiger partial charge in [0.05, 0.1) is 12.0 Å². The van der Waals surface area contributed by atoms with Crippen molar-refractivity contribution >= 4 is 16.0 Å². The minimum atomic E-state index is -3.84. The number of hydrogen-bond donors (Lipinski definition) is 2. The molecular formula is C11H15NO5S. The minimum Gasteiger partial charge on any atom is -0.496 e. The molecule has 0 aliphatic heterocycles. The molecule has 0 aliphatic rings. The molecule has 0 saturated carbocycles. The fraction of sp³-hybridized carbons (Fsp3) is 0.364. The summed E-state index contributed by atoms with van der Waals surface area (Å²) in [6, 6.07) is 3.13. The van der Waals surface area contributed by atoms with Crippen LogP contribution in [0.3, 0.4) is 0 Å². The van der Waals surface area contributed by atoms with E-state index in [1.54, 1.807) is 6.92 Å². The highest BCUT2D eigenvalue weighted by Gasteiger charge is 2.21. The van der Waals surface area contributed by atoms with E-state index in [4.69, 9.17) is 9.84 Å². The largest absolute Gasteiger partial charge is 0.496 e. The second-order valence-corrected chi connectivity index (χ2v) is 5.53. The average Bonchev–Trinajstić information content (AvgIpc) is 2.28. The normalized spacial score (nSPS) is 13.1. The third-order valence-corrected chi connectivity index (χ3v) is 3.92. The fourth-order valence-corrected chi connectivity index (χ4v) is 2.65. The van der Waals surface area contributed by atoms with Crippen molar-refractivity contribution in [3.63, 3.8) is 0 Å². The van der Waals surface area contributed by atoms with Gasteiger partial charge in [-0.05, 0) is 37.6 Å². The molecule has 0 radical (unpaired) electrons. The predicted octanol–water partition coefficient (Wildman–Crippen LogP) is 0.755. The second-order valence-electron chi connectivity index (χ2n) is 3.81. The number of aliphatic carboxylic acids is 1. The number of rotatable bonds is 5. The molecule has 0 heterocycles. The van der Waals surface area contributed by atoms with Gasteiger partial charge in [-0.1, -0.05) is 0 Å². The molecule has 0 bridgehead atoms. The first kappa shape index (κ1) is 14.5. The van der Waals surface area contributed by atoms with Gasteiger partial charge in [0.15, 0.2) is 0 Å². The first-order chi connectivity index (χ1) is 8.27. The standard InChI is InChI=1S/C11H15NO5S/c1-7-6-9(4-5-10(7)17-3)18(15,16)12-8(2)11(13)14/h4-6,8,12H,1-3H3,(H,13,14). The van der Waals surface area contributed by atoms with Crippen molar-refractivity contribution in [1.82, 2.24) is 4.72 Å². The number of carboxylic acid groups (broad SMARTS) is 1. The van der Waals surface area contributed by atoms with Crippen LogP contribution in [0.4, 0.5) is 0 Å². The Morgan fingerprint density at radius 1 is 1.44 bits per heavy atom. The molecule has 1 atom stereocenters. The molecular weight excluding hydrogens is 258 g/mol. The number of carbonyl (C=O) groups is 1. The Kier molecular flexibility index (Phi) is 4.31. The Bertz CT molecular complexity index is 553. The van der Waals surface area contributed by atoms with Crippen LogP contribution < -0.4 is 9.46 Å². The highest BCUT2D eigenvalue weighted by Crippen LogP contribution is 2.21. The summed E-state index contributed by atoms with van der Waals surface area (Å²) in [5.41, 5.74) is 0.656. The third-order valence-electron chi connectivity index (χ3n) is 2.38. The molecule has 0 fully saturated rings. The van der Waals surface area contributed by atoms with E-state index in [1.165, 1.54) is 32.2 Å². The van der Waals surface area contributed by atoms with Crippen LogP contribution in [0.15, 0.2) is 23.1 Å². The Labute approximate surface area is 106 Å². The van der Waals surface area contributed by atoms with Crippen molar-refractivity contribution in [3.05, 3.63) is 23.8 Å². The average molecular weight is 273 g/mol. The Morgan fingerprint density at radius 2 is 2.06 bits per heavy atom. The quantitative estimate of drug-likeness (QED) is 0.826. The molecule has 100 valence electrons. The molecule has 1 aromatic carbocycles. The Balaban J connectivity index is 3.06. The SMILES string of the molecule is COc1ccc(S(=O)(=O)NC(C)C(=O)O)cc1C. The first-order valence-corrected chi connectivity index (χ1v) is 6.66. The fourth-order valence-electron chi connectivity index (χ4n) is 1.37. The number of methoxy groups -OCH3 is 1. The summed E-state index contributed by atoms with van der Waals surface area (Å²) in [5.74, 6) is -0.663. The van der Waals surface area contributed by atoms with E-state index in [1.807, 2.05) is 0 Å². The zero-order valence-electron chi connectivity index (χ0n) is 10.3. The molecule has 0 saturated heterocycles. The summed E-state index contributed by atoms with van der Waals surface area (Å²) in [6.07, 6.45) is 0. The van der Waals surface area contributed by atoms with Crippen molar-refractivity contribution in [3.8, 4) is 5.75 Å². The summed E-state index contributed by atoms with van der Waals surface area (Å²) in [5, 5.41) is 8.68. The van der Waals surface area contributed by atoms with Crippen LogP contribution in [0.5, 0.6) is 5.75 Å². The zero-order valence-corrected chi connectivity index (χ0v) is 11.1. The first-order valence-electron chi connectivity index (χ1n) is 5.17. The van der Waals surface area contributed by atoms with Crippen molar-refractivity contribution in [2.75, 3.05) is 7.11 Å². The number of hydrogen-bond acceptors (Lipinski definition) is 4. The van der Waals surface area contributed by atoms with Crippen LogP contribution in [-0.2, 0) is 14.8 Å². The maximum atomic E-state index is 11.9. The van der Waals surface area contributed by atoms with E-state index in [2.05, 4.69) is 4.72 Å². The van der Waals surface area contributed by atoms with E-state index >= 15 is 0 Å². The predicted molar refractivity (Wildman–Crippen MR) is 65.2 cm³/mol. The Morgan fingerprint density at radius 3 is 2.50 bits per heavy atom. The van der Waals surface area contributed by atoms with Gasteiger partial charge in [0.1, 0.15) is 11.8 Å². The van der Waals surface area contributed by atoms with E-state index < -0.39 is 22.0 Å². The lowest BCUT2D eigenvalue weighted by molar-refractivity contribution is -0.138. The number of ether oxygens (including phenoxy) is 1. The van der Waals surface area contributed by atoms with Gasteiger partial charge in [-0.25, -0.2) is 8.42 Å². The van der Waals surface area contributed by atoms with Gasteiger partial charge in [-0.2, -0.15) is 4.72 Å². The van der Waals surface area contributed by atoms with Crippen molar-refractivity contribution in [2.24, 2.45) is 0 Å². The molecule has 1 rings (SSSR count). The maximum Gasteiger partial charge on any atom is 0.321 e. The molecule has 1 unspecified atom stereocenters. The summed E-state index contributed by atoms with van der Waals surface area (Å²) in [4.78, 5) is 10.6. The van der Waals surface area contributed by atoms with Crippen LogP contribution in [-0.4, -0.2) is 32.6 Å². The highest BCUT2D eigenvalue weighted by molar-refractivity contribution is 7.89. The van der Waals surface area contributed by atoms with E-state index in [-0.39, 0.29) is 4.90 Å². The number of aryl methyl sites for hydroxylation is 1. The van der Waals surface area contributed by atoms with Crippen molar-refractivity contribution in [1.29, 1.82) is 0 Å². The lowest BCUT2D eigenvalue weighted by Gasteiger charge is -2.11. The molecule has 7 heteroatoms. The van der Waals surface area contributed by atoms with Gasteiger partial charge in [-0.3, -0.25) is 4.79 Å². The molecule has 2 N–H and O–H groups in total. The minimum absolute atomic E-state index is 0.00824. The summed E-state index contributed by atoms with van der Waals surface area (Å²) >= 11 is 0. The van der Waals surface area contributed by atoms with Crippen LogP contribution in [0, 0.1) is 6.92 Å². The molecule has 18 heavy (non-hydrogen) atoms. The molecule has 0 spiro atoms. The van der Waals surface area contributed by atoms with Gasteiger partial charge >= 0.3 is 5.97 Å². The monoisotopic (exact) mass is 273 g/mol. The highest BCUT2D eigenvalue weighted by atomic mass is 32.2. The lowest BCUT2D eigenvalue weighted by atomic mass is 10.2. The number of sulfonamides is 1. The van der Waals surface area contributed by atoms with Gasteiger partial charge in [-0.15, -0.1) is 0 Å². The topological polar surface area (TPSA) is 92.7 Å². The smallest absolute Gasteiger partial charge is 0.321 e. The van der Waals surface area contributed by atoms with E-state index in [0.29, 0.717) is 11.3 Å². The molecule has 0 aliphatic carbocycles. The van der Waals surface area contributed by atoms with E-state index in [9.17, 15) is 13.2 Å². The maximum absolute atomic E-state index is 11.9. The number of benzene rings is 1. The third kappa shape index (κ3) is 3.21. The second kappa shape index (κ2) is 5.36. The van der Waals surface area contributed by atoms with Crippen LogP contribution in [0.25, 0.3) is 0 Å². The van der Waals surface area contributed by atoms with Gasteiger partial charge in [0.2, 0.25) is 10.0 Å². The van der Waals surface area contributed by atoms with Gasteiger partial charge in [0.25, 0.3) is 0 Å². The molecule has 0 amide bonds. The number of nitrogens with one attached hydrogen (secondary N) is 1. The molecule has 1 aromatic rings. The van der Waals surface area contributed by atoms with Crippen molar-refractivity contribution in [2.45, 2.75) is 24.8 Å². The summed E-state index contributed by atoms with van der Waals surface area (Å²) < 4.78 is 30.9. The number of carboxylic acids is 1. The van der Waals surface area contributed by atoms with Crippen LogP contribution in [0.2, 0.25) is 0 Å². The van der Waals surface area contributed by atoms with Gasteiger partial charge < -0.3 is 9.84 Å². The summed E-state index contributed by atoms with van der Waals surface area (Å²) in [7, 11) is -2.35. The lowest BCUT2D eigenvalue weighted by Crippen LogP contribution is -2.38. The summed E-state index contributed by atoms with van der Waals surface area (Å²) in [6.45, 7) is 2.97. The van der Waals surface area contributed by atoms with E-state index in [0.717, 1.165) is 0 Å². The molecule has 0 aromatic heterocycles. The molecule has 6 nitrogen and oxygen atoms in total.